The number of rotatable bonds is 6. The summed E-state index contributed by atoms with van der Waals surface area (Å²) < 4.78 is 10.6. The van der Waals surface area contributed by atoms with Crippen molar-refractivity contribution < 1.29 is 19.1 Å². The first-order valence-electron chi connectivity index (χ1n) is 8.28. The molecular weight excluding hydrogens is 306 g/mol. The number of esters is 1. The van der Waals surface area contributed by atoms with Crippen molar-refractivity contribution in [1.29, 1.82) is 0 Å². The van der Waals surface area contributed by atoms with Crippen LogP contribution in [0.5, 0.6) is 0 Å². The van der Waals surface area contributed by atoms with Gasteiger partial charge < -0.3 is 14.8 Å². The Bertz CT molecular complexity index is 543. The van der Waals surface area contributed by atoms with Crippen molar-refractivity contribution in [3.63, 3.8) is 0 Å². The Hall–Kier alpha value is -2.04. The lowest BCUT2D eigenvalue weighted by molar-refractivity contribution is -0.148. The van der Waals surface area contributed by atoms with Crippen LogP contribution in [0.2, 0.25) is 0 Å². The number of aryl methyl sites for hydroxylation is 1. The number of hydrogen-bond donors (Lipinski definition) is 1. The number of ether oxygens (including phenoxy) is 2. The van der Waals surface area contributed by atoms with Gasteiger partial charge in [0, 0.05) is 0 Å². The van der Waals surface area contributed by atoms with Crippen molar-refractivity contribution in [2.75, 3.05) is 0 Å². The van der Waals surface area contributed by atoms with Crippen LogP contribution in [0.4, 0.5) is 4.79 Å². The average molecular weight is 335 g/mol. The molecule has 5 heteroatoms. The second-order valence-electron chi connectivity index (χ2n) is 7.42. The van der Waals surface area contributed by atoms with Crippen LogP contribution in [-0.4, -0.2) is 23.7 Å². The largest absolute Gasteiger partial charge is 0.459 e. The van der Waals surface area contributed by atoms with Gasteiger partial charge in [0.2, 0.25) is 0 Å². The molecule has 1 N–H and O–H groups in total. The Balaban J connectivity index is 2.63. The van der Waals surface area contributed by atoms with Crippen molar-refractivity contribution >= 4 is 12.1 Å². The summed E-state index contributed by atoms with van der Waals surface area (Å²) in [7, 11) is 0. The third kappa shape index (κ3) is 7.99. The Morgan fingerprint density at radius 2 is 1.71 bits per heavy atom. The molecule has 1 amide bonds. The maximum Gasteiger partial charge on any atom is 0.408 e. The lowest BCUT2D eigenvalue weighted by atomic mass is 10.0. The molecule has 0 aliphatic carbocycles. The summed E-state index contributed by atoms with van der Waals surface area (Å²) in [5.74, 6) is -0.216. The van der Waals surface area contributed by atoms with E-state index in [1.54, 1.807) is 20.8 Å². The molecule has 0 radical (unpaired) electrons. The van der Waals surface area contributed by atoms with Crippen LogP contribution in [0.25, 0.3) is 0 Å². The first-order chi connectivity index (χ1) is 11.1. The van der Waals surface area contributed by atoms with Crippen molar-refractivity contribution in [1.82, 2.24) is 5.32 Å². The minimum Gasteiger partial charge on any atom is -0.459 e. The van der Waals surface area contributed by atoms with Gasteiger partial charge in [0.1, 0.15) is 18.2 Å². The van der Waals surface area contributed by atoms with E-state index in [0.29, 0.717) is 6.42 Å². The molecule has 0 unspecified atom stereocenters. The molecule has 1 aromatic rings. The third-order valence-electron chi connectivity index (χ3n) is 3.18. The second kappa shape index (κ2) is 8.71. The first-order valence-corrected chi connectivity index (χ1v) is 8.28. The Morgan fingerprint density at radius 1 is 1.12 bits per heavy atom. The minimum atomic E-state index is -0.717. The number of benzene rings is 1. The molecule has 5 nitrogen and oxygen atoms in total. The highest BCUT2D eigenvalue weighted by Gasteiger charge is 2.26. The SMILES string of the molecule is Cc1ccc(COC(=O)[C@@H](CC(C)C)NC(=O)OC(C)(C)C)cc1. The lowest BCUT2D eigenvalue weighted by Gasteiger charge is -2.23. The fourth-order valence-electron chi connectivity index (χ4n) is 2.07. The lowest BCUT2D eigenvalue weighted by Crippen LogP contribution is -2.44. The minimum absolute atomic E-state index is 0.184. The molecule has 0 heterocycles. The van der Waals surface area contributed by atoms with Crippen LogP contribution in [-0.2, 0) is 20.9 Å². The highest BCUT2D eigenvalue weighted by molar-refractivity contribution is 5.81. The van der Waals surface area contributed by atoms with Gasteiger partial charge in [-0.2, -0.15) is 0 Å². The quantitative estimate of drug-likeness (QED) is 0.799. The number of hydrogen-bond acceptors (Lipinski definition) is 4. The van der Waals surface area contributed by atoms with Crippen molar-refractivity contribution in [3.05, 3.63) is 35.4 Å². The van der Waals surface area contributed by atoms with E-state index in [1.807, 2.05) is 45.0 Å². The van der Waals surface area contributed by atoms with Gasteiger partial charge in [-0.05, 0) is 45.6 Å². The molecule has 24 heavy (non-hydrogen) atoms. The first kappa shape index (κ1) is 20.0. The molecule has 1 aromatic carbocycles. The molecule has 0 aliphatic heterocycles. The molecule has 0 aromatic heterocycles. The van der Waals surface area contributed by atoms with Crippen LogP contribution in [0.15, 0.2) is 24.3 Å². The molecule has 0 bridgehead atoms. The standard InChI is InChI=1S/C19H29NO4/c1-13(2)11-16(20-18(22)24-19(4,5)6)17(21)23-12-15-9-7-14(3)8-10-15/h7-10,13,16H,11-12H2,1-6H3,(H,20,22)/t16-/m1/s1. The van der Waals surface area contributed by atoms with Crippen molar-refractivity contribution in [2.24, 2.45) is 5.92 Å². The van der Waals surface area contributed by atoms with E-state index in [2.05, 4.69) is 5.32 Å². The summed E-state index contributed by atoms with van der Waals surface area (Å²) >= 11 is 0. The van der Waals surface area contributed by atoms with Crippen LogP contribution < -0.4 is 5.32 Å². The third-order valence-corrected chi connectivity index (χ3v) is 3.18. The number of nitrogens with one attached hydrogen (secondary N) is 1. The predicted molar refractivity (Wildman–Crippen MR) is 93.6 cm³/mol. The predicted octanol–water partition coefficient (Wildman–Crippen LogP) is 3.98. The van der Waals surface area contributed by atoms with Gasteiger partial charge in [-0.25, -0.2) is 9.59 Å². The maximum absolute atomic E-state index is 12.3. The molecule has 0 saturated heterocycles. The van der Waals surface area contributed by atoms with E-state index in [-0.39, 0.29) is 12.5 Å². The fraction of sp³-hybridized carbons (Fsp3) is 0.579. The van der Waals surface area contributed by atoms with E-state index in [0.717, 1.165) is 11.1 Å². The van der Waals surface area contributed by atoms with E-state index in [4.69, 9.17) is 9.47 Å². The maximum atomic E-state index is 12.3. The smallest absolute Gasteiger partial charge is 0.408 e. The topological polar surface area (TPSA) is 64.6 Å². The molecule has 0 aliphatic rings. The van der Waals surface area contributed by atoms with Gasteiger partial charge in [-0.1, -0.05) is 43.7 Å². The van der Waals surface area contributed by atoms with E-state index < -0.39 is 23.7 Å². The van der Waals surface area contributed by atoms with Crippen LogP contribution in [0.1, 0.15) is 52.2 Å². The Labute approximate surface area is 144 Å². The molecule has 0 fully saturated rings. The highest BCUT2D eigenvalue weighted by Crippen LogP contribution is 2.12. The average Bonchev–Trinajstić information content (AvgIpc) is 2.43. The molecule has 0 spiro atoms. The summed E-state index contributed by atoms with van der Waals surface area (Å²) in [6.07, 6.45) is -0.119. The van der Waals surface area contributed by atoms with E-state index in [1.165, 1.54) is 0 Å². The second-order valence-corrected chi connectivity index (χ2v) is 7.42. The zero-order chi connectivity index (χ0) is 18.3. The van der Waals surface area contributed by atoms with Crippen LogP contribution in [0.3, 0.4) is 0 Å². The van der Waals surface area contributed by atoms with Crippen molar-refractivity contribution in [3.8, 4) is 0 Å². The number of carbonyl (C=O) groups excluding carboxylic acids is 2. The zero-order valence-electron chi connectivity index (χ0n) is 15.5. The zero-order valence-corrected chi connectivity index (χ0v) is 15.5. The molecule has 0 saturated carbocycles. The summed E-state index contributed by atoms with van der Waals surface area (Å²) in [5, 5.41) is 2.61. The molecule has 134 valence electrons. The number of alkyl carbamates (subject to hydrolysis) is 1. The summed E-state index contributed by atoms with van der Waals surface area (Å²) in [5.41, 5.74) is 1.45. The highest BCUT2D eigenvalue weighted by atomic mass is 16.6. The van der Waals surface area contributed by atoms with Gasteiger partial charge in [0.25, 0.3) is 0 Å². The Morgan fingerprint density at radius 3 is 2.21 bits per heavy atom. The van der Waals surface area contributed by atoms with Crippen LogP contribution >= 0.6 is 0 Å². The molecular formula is C19H29NO4. The van der Waals surface area contributed by atoms with E-state index in [9.17, 15) is 9.59 Å². The van der Waals surface area contributed by atoms with Gasteiger partial charge in [0.15, 0.2) is 0 Å². The molecule has 1 atom stereocenters. The normalized spacial score (nSPS) is 12.6. The monoisotopic (exact) mass is 335 g/mol. The fourth-order valence-corrected chi connectivity index (χ4v) is 2.07. The van der Waals surface area contributed by atoms with Gasteiger partial charge in [-0.15, -0.1) is 0 Å². The Kier molecular flexibility index (Phi) is 7.26. The van der Waals surface area contributed by atoms with Crippen molar-refractivity contribution in [2.45, 2.75) is 66.2 Å². The molecule has 1 rings (SSSR count). The van der Waals surface area contributed by atoms with Gasteiger partial charge in [-0.3, -0.25) is 0 Å². The number of amides is 1. The summed E-state index contributed by atoms with van der Waals surface area (Å²) in [4.78, 5) is 24.3. The van der Waals surface area contributed by atoms with E-state index >= 15 is 0 Å². The summed E-state index contributed by atoms with van der Waals surface area (Å²) in [6, 6.07) is 7.05. The van der Waals surface area contributed by atoms with Gasteiger partial charge >= 0.3 is 12.1 Å². The summed E-state index contributed by atoms with van der Waals surface area (Å²) in [6.45, 7) is 11.5. The number of carbonyl (C=O) groups is 2. The van der Waals surface area contributed by atoms with Gasteiger partial charge in [0.05, 0.1) is 0 Å². The van der Waals surface area contributed by atoms with Crippen LogP contribution in [0, 0.1) is 12.8 Å².